The van der Waals surface area contributed by atoms with Crippen LogP contribution in [0.3, 0.4) is 0 Å². The third kappa shape index (κ3) is 2.47. The van der Waals surface area contributed by atoms with Gasteiger partial charge in [-0.1, -0.05) is 0 Å². The molecule has 2 aliphatic rings. The molecule has 0 bridgehead atoms. The SMILES string of the molecule is CC1(C)OB(c2ccc(NC3CC3)nn2)OC1(C)C. The van der Waals surface area contributed by atoms with Crippen LogP contribution in [0, 0.1) is 0 Å². The molecule has 2 fully saturated rings. The van der Waals surface area contributed by atoms with Gasteiger partial charge in [0.05, 0.1) is 16.8 Å². The third-order valence-electron chi connectivity index (χ3n) is 4.11. The summed E-state index contributed by atoms with van der Waals surface area (Å²) < 4.78 is 11.9. The fourth-order valence-electron chi connectivity index (χ4n) is 1.95. The van der Waals surface area contributed by atoms with Gasteiger partial charge in [0.15, 0.2) is 0 Å². The minimum atomic E-state index is -0.438. The molecule has 0 aromatic carbocycles. The van der Waals surface area contributed by atoms with Crippen molar-refractivity contribution >= 4 is 18.5 Å². The molecule has 0 amide bonds. The lowest BCUT2D eigenvalue weighted by molar-refractivity contribution is 0.00578. The van der Waals surface area contributed by atoms with Gasteiger partial charge in [-0.2, -0.15) is 5.10 Å². The van der Waals surface area contributed by atoms with Crippen LogP contribution in [0.25, 0.3) is 0 Å². The van der Waals surface area contributed by atoms with Crippen molar-refractivity contribution in [3.8, 4) is 0 Å². The number of nitrogens with one attached hydrogen (secondary N) is 1. The predicted octanol–water partition coefficient (Wildman–Crippen LogP) is 1.35. The average molecular weight is 261 g/mol. The first-order valence-corrected chi connectivity index (χ1v) is 6.83. The Hall–Kier alpha value is -1.14. The Bertz CT molecular complexity index is 455. The highest BCUT2D eigenvalue weighted by Crippen LogP contribution is 2.36. The lowest BCUT2D eigenvalue weighted by Gasteiger charge is -2.32. The molecule has 1 N–H and O–H groups in total. The lowest BCUT2D eigenvalue weighted by Crippen LogP contribution is -2.41. The van der Waals surface area contributed by atoms with Crippen LogP contribution in [0.1, 0.15) is 40.5 Å². The van der Waals surface area contributed by atoms with E-state index in [4.69, 9.17) is 9.31 Å². The maximum absolute atomic E-state index is 5.94. The fraction of sp³-hybridized carbons (Fsp3) is 0.692. The summed E-state index contributed by atoms with van der Waals surface area (Å²) in [5.41, 5.74) is 0.0363. The standard InChI is InChI=1S/C13H20BN3O2/c1-12(2)13(3,4)19-14(18-12)10-7-8-11(17-16-10)15-9-5-6-9/h7-9H,5-6H2,1-4H3,(H,15,17). The summed E-state index contributed by atoms with van der Waals surface area (Å²) in [5, 5.41) is 11.7. The Morgan fingerprint density at radius 1 is 1.11 bits per heavy atom. The van der Waals surface area contributed by atoms with E-state index in [1.165, 1.54) is 12.8 Å². The highest BCUT2D eigenvalue weighted by molar-refractivity contribution is 6.61. The monoisotopic (exact) mass is 261 g/mol. The predicted molar refractivity (Wildman–Crippen MR) is 74.4 cm³/mol. The number of aromatic nitrogens is 2. The molecule has 102 valence electrons. The summed E-state index contributed by atoms with van der Waals surface area (Å²) in [4.78, 5) is 0. The topological polar surface area (TPSA) is 56.3 Å². The van der Waals surface area contributed by atoms with Crippen LogP contribution in [0.15, 0.2) is 12.1 Å². The van der Waals surface area contributed by atoms with Gasteiger partial charge in [-0.05, 0) is 52.7 Å². The first-order chi connectivity index (χ1) is 8.87. The smallest absolute Gasteiger partial charge is 0.398 e. The second kappa shape index (κ2) is 4.18. The molecular formula is C13H20BN3O2. The molecule has 1 saturated carbocycles. The van der Waals surface area contributed by atoms with Crippen LogP contribution >= 0.6 is 0 Å². The van der Waals surface area contributed by atoms with Crippen molar-refractivity contribution in [2.45, 2.75) is 57.8 Å². The zero-order chi connectivity index (χ0) is 13.7. The molecule has 1 aliphatic carbocycles. The second-order valence-electron chi connectivity index (χ2n) is 6.35. The third-order valence-corrected chi connectivity index (χ3v) is 4.11. The van der Waals surface area contributed by atoms with Gasteiger partial charge in [0.1, 0.15) is 5.82 Å². The van der Waals surface area contributed by atoms with Crippen molar-refractivity contribution in [1.82, 2.24) is 10.2 Å². The summed E-state index contributed by atoms with van der Waals surface area (Å²) >= 11 is 0. The molecule has 0 spiro atoms. The van der Waals surface area contributed by atoms with E-state index in [1.807, 2.05) is 39.8 Å². The van der Waals surface area contributed by atoms with E-state index in [0.717, 1.165) is 11.4 Å². The quantitative estimate of drug-likeness (QED) is 0.832. The second-order valence-corrected chi connectivity index (χ2v) is 6.35. The number of hydrogen-bond acceptors (Lipinski definition) is 5. The average Bonchev–Trinajstić information content (AvgIpc) is 3.08. The first-order valence-electron chi connectivity index (χ1n) is 6.83. The molecule has 1 aliphatic heterocycles. The molecule has 0 atom stereocenters. The molecule has 1 aromatic rings. The molecule has 1 aromatic heterocycles. The van der Waals surface area contributed by atoms with Crippen LogP contribution in [-0.4, -0.2) is 34.6 Å². The van der Waals surface area contributed by atoms with Crippen molar-refractivity contribution in [2.75, 3.05) is 5.32 Å². The highest BCUT2D eigenvalue weighted by atomic mass is 16.7. The van der Waals surface area contributed by atoms with E-state index < -0.39 is 7.12 Å². The fourth-order valence-corrected chi connectivity index (χ4v) is 1.95. The van der Waals surface area contributed by atoms with Gasteiger partial charge in [-0.25, -0.2) is 0 Å². The van der Waals surface area contributed by atoms with Crippen LogP contribution in [-0.2, 0) is 9.31 Å². The molecule has 3 rings (SSSR count). The van der Waals surface area contributed by atoms with Crippen molar-refractivity contribution < 1.29 is 9.31 Å². The molecular weight excluding hydrogens is 241 g/mol. The van der Waals surface area contributed by atoms with Crippen LogP contribution in [0.5, 0.6) is 0 Å². The minimum absolute atomic E-state index is 0.343. The summed E-state index contributed by atoms with van der Waals surface area (Å²) in [7, 11) is -0.438. The Balaban J connectivity index is 1.72. The maximum Gasteiger partial charge on any atom is 0.516 e. The molecule has 6 heteroatoms. The van der Waals surface area contributed by atoms with Crippen LogP contribution < -0.4 is 10.9 Å². The van der Waals surface area contributed by atoms with Gasteiger partial charge in [0.25, 0.3) is 0 Å². The molecule has 1 saturated heterocycles. The Morgan fingerprint density at radius 3 is 2.21 bits per heavy atom. The zero-order valence-corrected chi connectivity index (χ0v) is 11.9. The summed E-state index contributed by atoms with van der Waals surface area (Å²) in [6.07, 6.45) is 2.45. The van der Waals surface area contributed by atoms with Crippen molar-refractivity contribution in [3.63, 3.8) is 0 Å². The molecule has 0 radical (unpaired) electrons. The zero-order valence-electron chi connectivity index (χ0n) is 11.9. The number of hydrogen-bond donors (Lipinski definition) is 1. The van der Waals surface area contributed by atoms with Gasteiger partial charge in [-0.3, -0.25) is 0 Å². The van der Waals surface area contributed by atoms with Crippen molar-refractivity contribution in [1.29, 1.82) is 0 Å². The van der Waals surface area contributed by atoms with Crippen molar-refractivity contribution in [3.05, 3.63) is 12.1 Å². The van der Waals surface area contributed by atoms with Gasteiger partial charge < -0.3 is 14.6 Å². The number of anilines is 1. The van der Waals surface area contributed by atoms with E-state index in [-0.39, 0.29) is 11.2 Å². The highest BCUT2D eigenvalue weighted by Gasteiger charge is 2.52. The largest absolute Gasteiger partial charge is 0.516 e. The van der Waals surface area contributed by atoms with Crippen molar-refractivity contribution in [2.24, 2.45) is 0 Å². The maximum atomic E-state index is 5.94. The summed E-state index contributed by atoms with van der Waals surface area (Å²) in [6, 6.07) is 4.43. The number of nitrogens with zero attached hydrogens (tertiary/aromatic N) is 2. The number of rotatable bonds is 3. The van der Waals surface area contributed by atoms with E-state index in [1.54, 1.807) is 0 Å². The van der Waals surface area contributed by atoms with E-state index >= 15 is 0 Å². The molecule has 0 unspecified atom stereocenters. The van der Waals surface area contributed by atoms with Crippen LogP contribution in [0.4, 0.5) is 5.82 Å². The molecule has 2 heterocycles. The van der Waals surface area contributed by atoms with Gasteiger partial charge in [0, 0.05) is 6.04 Å². The van der Waals surface area contributed by atoms with E-state index in [9.17, 15) is 0 Å². The first kappa shape index (κ1) is 12.9. The van der Waals surface area contributed by atoms with E-state index in [2.05, 4.69) is 15.5 Å². The Kier molecular flexibility index (Phi) is 2.83. The van der Waals surface area contributed by atoms with Gasteiger partial charge >= 0.3 is 7.12 Å². The van der Waals surface area contributed by atoms with Gasteiger partial charge in [-0.15, -0.1) is 5.10 Å². The summed E-state index contributed by atoms with van der Waals surface area (Å²) in [6.45, 7) is 8.12. The lowest BCUT2D eigenvalue weighted by atomic mass is 9.85. The van der Waals surface area contributed by atoms with E-state index in [0.29, 0.717) is 6.04 Å². The Morgan fingerprint density at radius 2 is 1.74 bits per heavy atom. The van der Waals surface area contributed by atoms with Crippen LogP contribution in [0.2, 0.25) is 0 Å². The van der Waals surface area contributed by atoms with Gasteiger partial charge in [0.2, 0.25) is 0 Å². The normalized spacial score (nSPS) is 24.5. The minimum Gasteiger partial charge on any atom is -0.398 e. The Labute approximate surface area is 114 Å². The summed E-state index contributed by atoms with van der Waals surface area (Å²) in [5.74, 6) is 0.822. The molecule has 5 nitrogen and oxygen atoms in total. The molecule has 19 heavy (non-hydrogen) atoms.